The fourth-order valence-corrected chi connectivity index (χ4v) is 2.83. The maximum atomic E-state index is 11.0. The lowest BCUT2D eigenvalue weighted by atomic mass is 10.2. The molecule has 54 heavy (non-hydrogen) atoms. The Bertz CT molecular complexity index is 1310. The standard InChI is InChI=1S/C7H13NO.C7H12O2.C6H9NO.C6H10O2.C5H10O2.C5H6O2.C4H9NO/c1-5-4-6(5)7(9)8(2)3;1-5(2)6(3)7(8)9-4;1-4-5-6(8)7(2)3;1-4-3-5(4)6(7)8-2;2*1-3-4-5(6)7-2;1-4(6)5(2)3/h5-6H,4H2,1-3H3;1-4H3;1-3H3;4-5H,3H2,1-2H3;3-4H2,1-2H3;1-2H3;1-3H3. The van der Waals surface area contributed by atoms with Gasteiger partial charge in [0, 0.05) is 73.0 Å². The van der Waals surface area contributed by atoms with E-state index < -0.39 is 5.97 Å². The molecule has 0 radical (unpaired) electrons. The molecule has 3 amide bonds. The van der Waals surface area contributed by atoms with Gasteiger partial charge in [0.2, 0.25) is 11.8 Å². The number of rotatable bonds is 5. The minimum absolute atomic E-state index is 0.0440. The summed E-state index contributed by atoms with van der Waals surface area (Å²) in [5.41, 5.74) is 1.69. The van der Waals surface area contributed by atoms with Crippen LogP contribution in [0.5, 0.6) is 0 Å². The van der Waals surface area contributed by atoms with Crippen LogP contribution in [0.1, 0.15) is 88.0 Å². The lowest BCUT2D eigenvalue weighted by Gasteiger charge is -2.08. The van der Waals surface area contributed by atoms with E-state index >= 15 is 0 Å². The molecule has 2 aliphatic rings. The lowest BCUT2D eigenvalue weighted by molar-refractivity contribution is -0.142. The number of ether oxygens (including phenoxy) is 4. The first kappa shape index (κ1) is 58.5. The SMILES string of the molecule is CC#CC(=O)N(C)C.CC#CC(=O)OC.CC(=O)N(C)C.CC1CC1C(=O)N(C)C.CCCC(=O)OC.COC(=O)C(C)=C(C)C.COC(=O)C1CC1C. The lowest BCUT2D eigenvalue weighted by Crippen LogP contribution is -2.23. The molecule has 2 rings (SSSR count). The molecule has 4 atom stereocenters. The third kappa shape index (κ3) is 36.9. The molecule has 0 bridgehead atoms. The van der Waals surface area contributed by atoms with Crippen LogP contribution in [-0.4, -0.2) is 127 Å². The van der Waals surface area contributed by atoms with Crippen LogP contribution in [0.2, 0.25) is 0 Å². The molecule has 14 heteroatoms. The van der Waals surface area contributed by atoms with Crippen molar-refractivity contribution < 1.29 is 52.5 Å². The third-order valence-corrected chi connectivity index (χ3v) is 7.08. The van der Waals surface area contributed by atoms with Gasteiger partial charge in [-0.3, -0.25) is 24.0 Å². The maximum Gasteiger partial charge on any atom is 0.384 e. The van der Waals surface area contributed by atoms with Gasteiger partial charge in [-0.2, -0.15) is 0 Å². The van der Waals surface area contributed by atoms with Crippen LogP contribution in [0, 0.1) is 47.4 Å². The van der Waals surface area contributed by atoms with Gasteiger partial charge in [0.1, 0.15) is 0 Å². The summed E-state index contributed by atoms with van der Waals surface area (Å²) in [5, 5.41) is 0. The number of hydrogen-bond donors (Lipinski definition) is 0. The largest absolute Gasteiger partial charge is 0.469 e. The predicted molar refractivity (Wildman–Crippen MR) is 210 cm³/mol. The molecular weight excluding hydrogens is 698 g/mol. The highest BCUT2D eigenvalue weighted by Crippen LogP contribution is 2.39. The molecule has 310 valence electrons. The summed E-state index contributed by atoms with van der Waals surface area (Å²) in [5.74, 6) is 10.6. The summed E-state index contributed by atoms with van der Waals surface area (Å²) in [6.07, 6.45) is 3.52. The summed E-state index contributed by atoms with van der Waals surface area (Å²) in [6, 6.07) is 0. The highest BCUT2D eigenvalue weighted by Gasteiger charge is 2.40. The van der Waals surface area contributed by atoms with Gasteiger partial charge in [-0.25, -0.2) is 9.59 Å². The average Bonchev–Trinajstić information content (AvgIpc) is 4.05. The fraction of sp³-hybridized carbons (Fsp3) is 0.675. The van der Waals surface area contributed by atoms with Gasteiger partial charge in [-0.05, 0) is 71.6 Å². The molecular formula is C40H69N3O11. The Hall–Kier alpha value is -4.85. The van der Waals surface area contributed by atoms with E-state index in [9.17, 15) is 33.6 Å². The zero-order valence-corrected chi connectivity index (χ0v) is 36.5. The maximum absolute atomic E-state index is 11.0. The molecule has 0 aliphatic heterocycles. The van der Waals surface area contributed by atoms with Crippen molar-refractivity contribution in [1.29, 1.82) is 0 Å². The molecule has 0 N–H and O–H groups in total. The van der Waals surface area contributed by atoms with Crippen LogP contribution >= 0.6 is 0 Å². The zero-order chi connectivity index (χ0) is 43.7. The average molecular weight is 768 g/mol. The molecule has 0 aromatic rings. The first-order valence-electron chi connectivity index (χ1n) is 17.3. The Kier molecular flexibility index (Phi) is 38.1. The summed E-state index contributed by atoms with van der Waals surface area (Å²) in [4.78, 5) is 77.7. The van der Waals surface area contributed by atoms with Crippen molar-refractivity contribution in [3.63, 3.8) is 0 Å². The van der Waals surface area contributed by atoms with Crippen LogP contribution in [0.15, 0.2) is 11.1 Å². The van der Waals surface area contributed by atoms with Crippen molar-refractivity contribution in [2.24, 2.45) is 23.7 Å². The van der Waals surface area contributed by atoms with Gasteiger partial charge in [-0.15, -0.1) is 0 Å². The zero-order valence-electron chi connectivity index (χ0n) is 36.5. The Balaban J connectivity index is -0.000000174. The summed E-state index contributed by atoms with van der Waals surface area (Å²) >= 11 is 0. The van der Waals surface area contributed by atoms with Crippen molar-refractivity contribution in [3.05, 3.63) is 11.1 Å². The van der Waals surface area contributed by atoms with E-state index in [0.29, 0.717) is 35.7 Å². The van der Waals surface area contributed by atoms with Crippen molar-refractivity contribution in [2.75, 3.05) is 70.7 Å². The first-order valence-corrected chi connectivity index (χ1v) is 17.3. The highest BCUT2D eigenvalue weighted by molar-refractivity contribution is 5.93. The molecule has 0 aromatic heterocycles. The summed E-state index contributed by atoms with van der Waals surface area (Å²) in [6.45, 7) is 16.4. The van der Waals surface area contributed by atoms with Crippen LogP contribution < -0.4 is 0 Å². The van der Waals surface area contributed by atoms with Gasteiger partial charge in [0.25, 0.3) is 5.91 Å². The van der Waals surface area contributed by atoms with Gasteiger partial charge in [0.15, 0.2) is 0 Å². The number of hydrogen-bond acceptors (Lipinski definition) is 11. The monoisotopic (exact) mass is 767 g/mol. The van der Waals surface area contributed by atoms with E-state index in [1.165, 1.54) is 45.2 Å². The smallest absolute Gasteiger partial charge is 0.384 e. The number of carbonyl (C=O) groups is 7. The van der Waals surface area contributed by atoms with E-state index in [1.807, 2.05) is 34.9 Å². The third-order valence-electron chi connectivity index (χ3n) is 7.08. The van der Waals surface area contributed by atoms with E-state index in [0.717, 1.165) is 24.8 Å². The van der Waals surface area contributed by atoms with Crippen molar-refractivity contribution in [2.45, 2.75) is 88.0 Å². The van der Waals surface area contributed by atoms with Gasteiger partial charge < -0.3 is 33.6 Å². The quantitative estimate of drug-likeness (QED) is 0.128. The first-order chi connectivity index (χ1) is 24.9. The van der Waals surface area contributed by atoms with Crippen molar-refractivity contribution in [3.8, 4) is 23.7 Å². The number of methoxy groups -OCH3 is 4. The molecule has 0 aromatic carbocycles. The van der Waals surface area contributed by atoms with E-state index in [2.05, 4.69) is 56.5 Å². The van der Waals surface area contributed by atoms with Crippen molar-refractivity contribution in [1.82, 2.24) is 14.7 Å². The van der Waals surface area contributed by atoms with Gasteiger partial charge in [0.05, 0.1) is 34.4 Å². The van der Waals surface area contributed by atoms with Crippen LogP contribution in [0.3, 0.4) is 0 Å². The Morgan fingerprint density at radius 1 is 0.630 bits per heavy atom. The van der Waals surface area contributed by atoms with Crippen LogP contribution in [0.25, 0.3) is 0 Å². The van der Waals surface area contributed by atoms with Gasteiger partial charge in [-0.1, -0.05) is 38.2 Å². The fourth-order valence-electron chi connectivity index (χ4n) is 2.83. The topological polar surface area (TPSA) is 166 Å². The Morgan fingerprint density at radius 2 is 1.06 bits per heavy atom. The molecule has 2 aliphatic carbocycles. The second-order valence-electron chi connectivity index (χ2n) is 12.7. The van der Waals surface area contributed by atoms with Crippen LogP contribution in [-0.2, 0) is 52.5 Å². The molecule has 0 heterocycles. The minimum atomic E-state index is -0.484. The molecule has 14 nitrogen and oxygen atoms in total. The number of amides is 3. The Morgan fingerprint density at radius 3 is 1.17 bits per heavy atom. The van der Waals surface area contributed by atoms with E-state index in [1.54, 1.807) is 53.9 Å². The van der Waals surface area contributed by atoms with Crippen molar-refractivity contribution >= 4 is 41.6 Å². The second kappa shape index (κ2) is 35.2. The number of esters is 4. The number of allylic oxidation sites excluding steroid dienone is 1. The second-order valence-corrected chi connectivity index (χ2v) is 12.7. The number of carbonyl (C=O) groups excluding carboxylic acids is 7. The molecule has 0 saturated heterocycles. The normalized spacial score (nSPS) is 15.5. The van der Waals surface area contributed by atoms with Crippen LogP contribution in [0.4, 0.5) is 0 Å². The van der Waals surface area contributed by atoms with Gasteiger partial charge >= 0.3 is 23.9 Å². The molecule has 0 spiro atoms. The van der Waals surface area contributed by atoms with E-state index in [-0.39, 0.29) is 35.6 Å². The molecule has 4 unspecified atom stereocenters. The molecule has 2 saturated carbocycles. The Labute approximate surface area is 325 Å². The predicted octanol–water partition coefficient (Wildman–Crippen LogP) is 4.40. The van der Waals surface area contributed by atoms with E-state index in [4.69, 9.17) is 0 Å². The minimum Gasteiger partial charge on any atom is -0.469 e. The summed E-state index contributed by atoms with van der Waals surface area (Å²) < 4.78 is 17.5. The number of nitrogens with zero attached hydrogens (tertiary/aromatic N) is 3. The highest BCUT2D eigenvalue weighted by atomic mass is 16.5. The molecule has 2 fully saturated rings. The summed E-state index contributed by atoms with van der Waals surface area (Å²) in [7, 11) is 15.9.